The first-order valence-corrected chi connectivity index (χ1v) is 4.90. The van der Waals surface area contributed by atoms with Gasteiger partial charge >= 0.3 is 0 Å². The van der Waals surface area contributed by atoms with Crippen molar-refractivity contribution in [1.29, 1.82) is 0 Å². The smallest absolute Gasteiger partial charge is 0.227 e. The van der Waals surface area contributed by atoms with Gasteiger partial charge < -0.3 is 20.7 Å². The number of oxime groups is 1. The SMILES string of the molecule is CC(Cc1ccco1)NC(=O)CC(N)=NO. The standard InChI is InChI=1S/C10H15N3O3/c1-7(5-8-3-2-4-16-8)12-10(14)6-9(11)13-15/h2-4,7,15H,5-6H2,1H3,(H2,11,13)(H,12,14). The van der Waals surface area contributed by atoms with Crippen LogP contribution in [0.25, 0.3) is 0 Å². The van der Waals surface area contributed by atoms with E-state index < -0.39 is 0 Å². The Balaban J connectivity index is 2.34. The van der Waals surface area contributed by atoms with E-state index in [1.807, 2.05) is 13.0 Å². The largest absolute Gasteiger partial charge is 0.469 e. The van der Waals surface area contributed by atoms with Crippen LogP contribution in [0.3, 0.4) is 0 Å². The summed E-state index contributed by atoms with van der Waals surface area (Å²) in [5.41, 5.74) is 5.21. The van der Waals surface area contributed by atoms with Gasteiger partial charge in [-0.3, -0.25) is 4.79 Å². The third kappa shape index (κ3) is 4.04. The van der Waals surface area contributed by atoms with Crippen LogP contribution in [0.1, 0.15) is 19.1 Å². The summed E-state index contributed by atoms with van der Waals surface area (Å²) in [5.74, 6) is 0.411. The summed E-state index contributed by atoms with van der Waals surface area (Å²) >= 11 is 0. The Labute approximate surface area is 93.1 Å². The van der Waals surface area contributed by atoms with Crippen LogP contribution in [-0.2, 0) is 11.2 Å². The molecule has 0 saturated carbocycles. The molecule has 0 aliphatic carbocycles. The zero-order valence-corrected chi connectivity index (χ0v) is 9.01. The second-order valence-corrected chi connectivity index (χ2v) is 3.52. The Hall–Kier alpha value is -1.98. The molecule has 0 saturated heterocycles. The van der Waals surface area contributed by atoms with E-state index in [1.54, 1.807) is 12.3 Å². The van der Waals surface area contributed by atoms with Crippen LogP contribution in [0, 0.1) is 0 Å². The third-order valence-electron chi connectivity index (χ3n) is 1.96. The first-order valence-electron chi connectivity index (χ1n) is 4.90. The summed E-state index contributed by atoms with van der Waals surface area (Å²) in [6.07, 6.45) is 2.08. The Morgan fingerprint density at radius 1 is 1.75 bits per heavy atom. The average molecular weight is 225 g/mol. The lowest BCUT2D eigenvalue weighted by Gasteiger charge is -2.11. The predicted octanol–water partition coefficient (Wildman–Crippen LogP) is 0.463. The van der Waals surface area contributed by atoms with Crippen molar-refractivity contribution in [2.45, 2.75) is 25.8 Å². The van der Waals surface area contributed by atoms with E-state index in [-0.39, 0.29) is 24.2 Å². The minimum Gasteiger partial charge on any atom is -0.469 e. The quantitative estimate of drug-likeness (QED) is 0.293. The van der Waals surface area contributed by atoms with Crippen molar-refractivity contribution >= 4 is 11.7 Å². The van der Waals surface area contributed by atoms with Crippen molar-refractivity contribution in [2.24, 2.45) is 10.9 Å². The van der Waals surface area contributed by atoms with Crippen LogP contribution in [0.15, 0.2) is 28.0 Å². The molecule has 0 bridgehead atoms. The lowest BCUT2D eigenvalue weighted by atomic mass is 10.2. The summed E-state index contributed by atoms with van der Waals surface area (Å²) in [4.78, 5) is 11.3. The molecule has 0 aliphatic heterocycles. The van der Waals surface area contributed by atoms with Crippen LogP contribution in [0.2, 0.25) is 0 Å². The molecule has 88 valence electrons. The maximum absolute atomic E-state index is 11.3. The lowest BCUT2D eigenvalue weighted by Crippen LogP contribution is -2.36. The number of rotatable bonds is 5. The van der Waals surface area contributed by atoms with Gasteiger partial charge in [0.2, 0.25) is 5.91 Å². The molecule has 1 rings (SSSR count). The number of amides is 1. The summed E-state index contributed by atoms with van der Waals surface area (Å²) in [6.45, 7) is 1.85. The number of nitrogens with two attached hydrogens (primary N) is 1. The second-order valence-electron chi connectivity index (χ2n) is 3.52. The number of hydrogen-bond donors (Lipinski definition) is 3. The Bertz CT molecular complexity index is 359. The van der Waals surface area contributed by atoms with Crippen molar-refractivity contribution in [3.63, 3.8) is 0 Å². The molecule has 0 aromatic carbocycles. The summed E-state index contributed by atoms with van der Waals surface area (Å²) in [7, 11) is 0. The van der Waals surface area contributed by atoms with Crippen LogP contribution in [-0.4, -0.2) is 23.0 Å². The van der Waals surface area contributed by atoms with Crippen molar-refractivity contribution in [3.8, 4) is 0 Å². The monoisotopic (exact) mass is 225 g/mol. The van der Waals surface area contributed by atoms with Gasteiger partial charge in [-0.15, -0.1) is 0 Å². The molecule has 1 aromatic rings. The van der Waals surface area contributed by atoms with Crippen LogP contribution in [0.4, 0.5) is 0 Å². The molecule has 1 aromatic heterocycles. The van der Waals surface area contributed by atoms with Gasteiger partial charge in [-0.1, -0.05) is 5.16 Å². The average Bonchev–Trinajstić information content (AvgIpc) is 2.69. The lowest BCUT2D eigenvalue weighted by molar-refractivity contribution is -0.120. The molecule has 0 radical (unpaired) electrons. The normalized spacial score (nSPS) is 13.4. The molecule has 6 nitrogen and oxygen atoms in total. The van der Waals surface area contributed by atoms with E-state index >= 15 is 0 Å². The number of nitrogens with one attached hydrogen (secondary N) is 1. The van der Waals surface area contributed by atoms with Gasteiger partial charge in [0.15, 0.2) is 0 Å². The highest BCUT2D eigenvalue weighted by atomic mass is 16.4. The fourth-order valence-corrected chi connectivity index (χ4v) is 1.31. The van der Waals surface area contributed by atoms with Gasteiger partial charge in [-0.05, 0) is 19.1 Å². The predicted molar refractivity (Wildman–Crippen MR) is 58.0 cm³/mol. The molecule has 1 amide bonds. The first kappa shape index (κ1) is 12.1. The van der Waals surface area contributed by atoms with Gasteiger partial charge in [0.1, 0.15) is 11.6 Å². The molecule has 6 heteroatoms. The van der Waals surface area contributed by atoms with E-state index in [0.29, 0.717) is 6.42 Å². The molecule has 0 aliphatic rings. The van der Waals surface area contributed by atoms with Gasteiger partial charge in [0, 0.05) is 12.5 Å². The van der Waals surface area contributed by atoms with Crippen LogP contribution >= 0.6 is 0 Å². The molecule has 1 heterocycles. The summed E-state index contributed by atoms with van der Waals surface area (Å²) in [6, 6.07) is 3.57. The molecule has 16 heavy (non-hydrogen) atoms. The van der Waals surface area contributed by atoms with Gasteiger partial charge in [0.25, 0.3) is 0 Å². The third-order valence-corrected chi connectivity index (χ3v) is 1.96. The molecule has 1 atom stereocenters. The van der Waals surface area contributed by atoms with E-state index in [0.717, 1.165) is 5.76 Å². The zero-order valence-electron chi connectivity index (χ0n) is 9.01. The molecular weight excluding hydrogens is 210 g/mol. The van der Waals surface area contributed by atoms with Gasteiger partial charge in [0.05, 0.1) is 12.7 Å². The number of amidine groups is 1. The minimum atomic E-state index is -0.283. The van der Waals surface area contributed by atoms with Crippen molar-refractivity contribution in [1.82, 2.24) is 5.32 Å². The fourth-order valence-electron chi connectivity index (χ4n) is 1.31. The van der Waals surface area contributed by atoms with Crippen LogP contribution in [0.5, 0.6) is 0 Å². The maximum Gasteiger partial charge on any atom is 0.227 e. The van der Waals surface area contributed by atoms with Crippen molar-refractivity contribution < 1.29 is 14.4 Å². The highest BCUT2D eigenvalue weighted by Gasteiger charge is 2.10. The first-order chi connectivity index (χ1) is 7.61. The second kappa shape index (κ2) is 5.79. The molecule has 0 fully saturated rings. The number of nitrogens with zero attached hydrogens (tertiary/aromatic N) is 1. The molecule has 4 N–H and O–H groups in total. The van der Waals surface area contributed by atoms with E-state index in [1.165, 1.54) is 0 Å². The number of carbonyl (C=O) groups excluding carboxylic acids is 1. The van der Waals surface area contributed by atoms with E-state index in [4.69, 9.17) is 15.4 Å². The Morgan fingerprint density at radius 2 is 2.50 bits per heavy atom. The summed E-state index contributed by atoms with van der Waals surface area (Å²) in [5, 5.41) is 13.7. The minimum absolute atomic E-state index is 0.0647. The van der Waals surface area contributed by atoms with Crippen LogP contribution < -0.4 is 11.1 Å². The highest BCUT2D eigenvalue weighted by molar-refractivity contribution is 5.98. The highest BCUT2D eigenvalue weighted by Crippen LogP contribution is 2.03. The van der Waals surface area contributed by atoms with Gasteiger partial charge in [-0.2, -0.15) is 0 Å². The van der Waals surface area contributed by atoms with E-state index in [2.05, 4.69) is 10.5 Å². The Morgan fingerprint density at radius 3 is 3.06 bits per heavy atom. The molecular formula is C10H15N3O3. The van der Waals surface area contributed by atoms with E-state index in [9.17, 15) is 4.79 Å². The number of hydrogen-bond acceptors (Lipinski definition) is 4. The van der Waals surface area contributed by atoms with Gasteiger partial charge in [-0.25, -0.2) is 0 Å². The van der Waals surface area contributed by atoms with Crippen molar-refractivity contribution in [2.75, 3.05) is 0 Å². The Kier molecular flexibility index (Phi) is 4.38. The molecule has 1 unspecified atom stereocenters. The maximum atomic E-state index is 11.3. The summed E-state index contributed by atoms with van der Waals surface area (Å²) < 4.78 is 5.15. The zero-order chi connectivity index (χ0) is 12.0. The number of carbonyl (C=O) groups is 1. The molecule has 0 spiro atoms. The number of furan rings is 1. The topological polar surface area (TPSA) is 101 Å². The van der Waals surface area contributed by atoms with Crippen molar-refractivity contribution in [3.05, 3.63) is 24.2 Å². The fraction of sp³-hybridized carbons (Fsp3) is 0.400.